The van der Waals surface area contributed by atoms with Gasteiger partial charge in [0.1, 0.15) is 0 Å². The number of halogens is 1. The van der Waals surface area contributed by atoms with E-state index in [4.69, 9.17) is 11.6 Å². The number of aromatic nitrogens is 2. The Morgan fingerprint density at radius 3 is 2.94 bits per heavy atom. The maximum Gasteiger partial charge on any atom is 0.413 e. The van der Waals surface area contributed by atoms with Crippen LogP contribution in [0.3, 0.4) is 0 Å². The number of aliphatic hydroxyl groups is 1. The molecule has 96 valence electrons. The van der Waals surface area contributed by atoms with E-state index in [1.54, 1.807) is 6.07 Å². The molecule has 2 aliphatic heterocycles. The van der Waals surface area contributed by atoms with Gasteiger partial charge in [0.25, 0.3) is 0 Å². The van der Waals surface area contributed by atoms with E-state index < -0.39 is 12.2 Å². The van der Waals surface area contributed by atoms with Crippen molar-refractivity contribution in [1.29, 1.82) is 0 Å². The predicted molar refractivity (Wildman–Crippen MR) is 64.2 cm³/mol. The summed E-state index contributed by atoms with van der Waals surface area (Å²) in [5.41, 5.74) is 0.616. The van der Waals surface area contributed by atoms with E-state index in [1.807, 2.05) is 4.90 Å². The van der Waals surface area contributed by atoms with Gasteiger partial charge in [-0.1, -0.05) is 11.6 Å². The van der Waals surface area contributed by atoms with Crippen LogP contribution >= 0.6 is 11.6 Å². The molecule has 7 nitrogen and oxygen atoms in total. The summed E-state index contributed by atoms with van der Waals surface area (Å²) in [6.45, 7) is 0.753. The van der Waals surface area contributed by atoms with E-state index in [2.05, 4.69) is 10.2 Å². The first-order chi connectivity index (χ1) is 8.56. The Morgan fingerprint density at radius 2 is 2.22 bits per heavy atom. The maximum atomic E-state index is 11.2. The third-order valence-corrected chi connectivity index (χ3v) is 3.49. The van der Waals surface area contributed by atoms with E-state index in [-0.39, 0.29) is 23.6 Å². The lowest BCUT2D eigenvalue weighted by Gasteiger charge is -2.37. The molecule has 0 unspecified atom stereocenters. The quantitative estimate of drug-likeness (QED) is 0.716. The van der Waals surface area contributed by atoms with Gasteiger partial charge < -0.3 is 15.1 Å². The first-order valence-electron chi connectivity index (χ1n) is 5.54. The van der Waals surface area contributed by atoms with E-state index in [0.717, 1.165) is 4.90 Å². The van der Waals surface area contributed by atoms with Crippen LogP contribution in [0.1, 0.15) is 6.42 Å². The first-order valence-corrected chi connectivity index (χ1v) is 5.92. The Labute approximate surface area is 108 Å². The van der Waals surface area contributed by atoms with Crippen LogP contribution in [0.15, 0.2) is 6.07 Å². The molecule has 0 bridgehead atoms. The summed E-state index contributed by atoms with van der Waals surface area (Å²) in [6, 6.07) is 1.55. The minimum absolute atomic E-state index is 0.0381. The second kappa shape index (κ2) is 3.96. The molecule has 18 heavy (non-hydrogen) atoms. The van der Waals surface area contributed by atoms with Crippen molar-refractivity contribution in [3.63, 3.8) is 0 Å². The fourth-order valence-electron chi connectivity index (χ4n) is 2.58. The third-order valence-electron chi connectivity index (χ3n) is 3.31. The lowest BCUT2D eigenvalue weighted by atomic mass is 10.1. The van der Waals surface area contributed by atoms with Gasteiger partial charge in [0.15, 0.2) is 11.0 Å². The van der Waals surface area contributed by atoms with E-state index in [0.29, 0.717) is 18.7 Å². The number of carboxylic acid groups (broad SMARTS) is 1. The maximum absolute atomic E-state index is 11.2. The summed E-state index contributed by atoms with van der Waals surface area (Å²) < 4.78 is 0. The number of anilines is 2. The molecule has 1 saturated heterocycles. The monoisotopic (exact) mass is 270 g/mol. The van der Waals surface area contributed by atoms with Gasteiger partial charge >= 0.3 is 6.09 Å². The number of amides is 1. The molecule has 3 rings (SSSR count). The summed E-state index contributed by atoms with van der Waals surface area (Å²) in [4.78, 5) is 14.3. The first kappa shape index (κ1) is 11.5. The second-order valence-corrected chi connectivity index (χ2v) is 4.85. The second-order valence-electron chi connectivity index (χ2n) is 4.46. The van der Waals surface area contributed by atoms with Gasteiger partial charge in [-0.25, -0.2) is 4.79 Å². The number of rotatable bonds is 0. The highest BCUT2D eigenvalue weighted by Gasteiger charge is 2.41. The van der Waals surface area contributed by atoms with Crippen molar-refractivity contribution >= 4 is 29.2 Å². The molecule has 8 heteroatoms. The van der Waals surface area contributed by atoms with Crippen molar-refractivity contribution < 1.29 is 15.0 Å². The lowest BCUT2D eigenvalue weighted by molar-refractivity contribution is 0.191. The summed E-state index contributed by atoms with van der Waals surface area (Å²) in [7, 11) is 0. The average molecular weight is 271 g/mol. The number of hydrogen-bond donors (Lipinski definition) is 2. The summed E-state index contributed by atoms with van der Waals surface area (Å²) in [6.07, 6.45) is -0.985. The molecule has 0 aromatic carbocycles. The highest BCUT2D eigenvalue weighted by Crippen LogP contribution is 2.38. The van der Waals surface area contributed by atoms with Crippen LogP contribution in [0.4, 0.5) is 16.3 Å². The molecule has 1 amide bonds. The predicted octanol–water partition coefficient (Wildman–Crippen LogP) is 0.568. The molecule has 0 saturated carbocycles. The van der Waals surface area contributed by atoms with Crippen molar-refractivity contribution in [1.82, 2.24) is 10.2 Å². The minimum Gasteiger partial charge on any atom is -0.465 e. The van der Waals surface area contributed by atoms with Crippen LogP contribution in [0.2, 0.25) is 5.15 Å². The Kier molecular flexibility index (Phi) is 2.53. The zero-order valence-electron chi connectivity index (χ0n) is 9.32. The van der Waals surface area contributed by atoms with Crippen molar-refractivity contribution in [3.05, 3.63) is 11.2 Å². The van der Waals surface area contributed by atoms with Crippen LogP contribution in [0.5, 0.6) is 0 Å². The number of hydrogen-bond acceptors (Lipinski definition) is 5. The van der Waals surface area contributed by atoms with E-state index in [9.17, 15) is 15.0 Å². The van der Waals surface area contributed by atoms with Crippen LogP contribution in [-0.4, -0.2) is 51.7 Å². The fraction of sp³-hybridized carbons (Fsp3) is 0.500. The van der Waals surface area contributed by atoms with Crippen molar-refractivity contribution in [2.24, 2.45) is 0 Å². The Balaban J connectivity index is 2.09. The third kappa shape index (κ3) is 1.67. The molecule has 1 fully saturated rings. The van der Waals surface area contributed by atoms with Gasteiger partial charge in [0.05, 0.1) is 18.3 Å². The highest BCUT2D eigenvalue weighted by atomic mass is 35.5. The van der Waals surface area contributed by atoms with Crippen LogP contribution in [-0.2, 0) is 0 Å². The molecule has 3 heterocycles. The molecule has 1 aromatic heterocycles. The van der Waals surface area contributed by atoms with Crippen LogP contribution in [0, 0.1) is 0 Å². The molecule has 0 aliphatic carbocycles. The minimum atomic E-state index is -1.08. The van der Waals surface area contributed by atoms with Gasteiger partial charge in [-0.3, -0.25) is 4.90 Å². The van der Waals surface area contributed by atoms with Gasteiger partial charge in [0, 0.05) is 18.7 Å². The van der Waals surface area contributed by atoms with Crippen molar-refractivity contribution in [3.8, 4) is 0 Å². The van der Waals surface area contributed by atoms with Gasteiger partial charge in [-0.2, -0.15) is 0 Å². The average Bonchev–Trinajstić information content (AvgIpc) is 2.68. The lowest BCUT2D eigenvalue weighted by Crippen LogP contribution is -2.48. The topological polar surface area (TPSA) is 89.8 Å². The highest BCUT2D eigenvalue weighted by molar-refractivity contribution is 6.29. The Bertz CT molecular complexity index is 512. The van der Waals surface area contributed by atoms with Gasteiger partial charge in [-0.05, 0) is 6.42 Å². The number of nitrogens with zero attached hydrogens (tertiary/aromatic N) is 4. The molecular formula is C10H11ClN4O3. The Hall–Kier alpha value is -1.60. The molecule has 2 aliphatic rings. The van der Waals surface area contributed by atoms with Crippen molar-refractivity contribution in [2.45, 2.75) is 18.6 Å². The summed E-state index contributed by atoms with van der Waals surface area (Å²) >= 11 is 5.80. The number of aliphatic hydroxyl groups excluding tert-OH is 1. The van der Waals surface area contributed by atoms with Crippen molar-refractivity contribution in [2.75, 3.05) is 22.9 Å². The van der Waals surface area contributed by atoms with E-state index in [1.165, 1.54) is 0 Å². The van der Waals surface area contributed by atoms with Gasteiger partial charge in [-0.15, -0.1) is 10.2 Å². The summed E-state index contributed by atoms with van der Waals surface area (Å²) in [5.74, 6) is 0.275. The molecular weight excluding hydrogens is 260 g/mol. The molecule has 2 N–H and O–H groups in total. The Morgan fingerprint density at radius 1 is 1.44 bits per heavy atom. The zero-order chi connectivity index (χ0) is 12.9. The molecule has 0 spiro atoms. The number of carbonyl (C=O) groups is 1. The standard InChI is InChI=1S/C10H11ClN4O3/c11-8-2-7-9(13-12-8)15(10(17)18)3-5-1-6(16)4-14(5)7/h2,5-6,16H,1,3-4H2,(H,17,18)/t5-,6+/m1/s1. The zero-order valence-corrected chi connectivity index (χ0v) is 10.1. The van der Waals surface area contributed by atoms with Crippen LogP contribution < -0.4 is 9.80 Å². The molecule has 2 atom stereocenters. The van der Waals surface area contributed by atoms with E-state index >= 15 is 0 Å². The number of fused-ring (bicyclic) bond motifs is 3. The largest absolute Gasteiger partial charge is 0.465 e. The van der Waals surface area contributed by atoms with Crippen LogP contribution in [0.25, 0.3) is 0 Å². The van der Waals surface area contributed by atoms with Gasteiger partial charge in [0.2, 0.25) is 0 Å². The normalized spacial score (nSPS) is 25.9. The summed E-state index contributed by atoms with van der Waals surface area (Å²) in [5, 5.41) is 26.6. The smallest absolute Gasteiger partial charge is 0.413 e. The SMILES string of the molecule is O=C(O)N1C[C@H]2C[C@H](O)CN2c2cc(Cl)nnc21. The fourth-order valence-corrected chi connectivity index (χ4v) is 2.72. The molecule has 1 aromatic rings. The molecule has 0 radical (unpaired) electrons.